The predicted octanol–water partition coefficient (Wildman–Crippen LogP) is 1.20. The molecule has 0 radical (unpaired) electrons. The van der Waals surface area contributed by atoms with Crippen molar-refractivity contribution in [2.24, 2.45) is 0 Å². The average Bonchev–Trinajstić information content (AvgIpc) is 2.48. The molecule has 0 bridgehead atoms. The fourth-order valence-electron chi connectivity index (χ4n) is 2.15. The fourth-order valence-corrected chi connectivity index (χ4v) is 2.15. The maximum absolute atomic E-state index is 5.79. The van der Waals surface area contributed by atoms with Gasteiger partial charge in [0.25, 0.3) is 0 Å². The molecule has 2 rings (SSSR count). The SMILES string of the molecule is CCOc1nc(NCCCN2CCOCC2)ccc1N. The number of nitrogens with one attached hydrogen (secondary N) is 1. The number of hydrogen-bond donors (Lipinski definition) is 2. The summed E-state index contributed by atoms with van der Waals surface area (Å²) in [4.78, 5) is 6.78. The topological polar surface area (TPSA) is 72.6 Å². The number of rotatable bonds is 7. The molecule has 0 spiro atoms. The van der Waals surface area contributed by atoms with Crippen molar-refractivity contribution >= 4 is 11.5 Å². The van der Waals surface area contributed by atoms with Gasteiger partial charge in [-0.15, -0.1) is 0 Å². The van der Waals surface area contributed by atoms with Crippen LogP contribution in [-0.4, -0.2) is 55.9 Å². The zero-order valence-corrected chi connectivity index (χ0v) is 12.1. The number of nitrogen functional groups attached to an aromatic ring is 1. The lowest BCUT2D eigenvalue weighted by molar-refractivity contribution is 0.0378. The highest BCUT2D eigenvalue weighted by atomic mass is 16.5. The molecule has 1 saturated heterocycles. The van der Waals surface area contributed by atoms with Crippen LogP contribution in [0.25, 0.3) is 0 Å². The molecular formula is C14H24N4O2. The summed E-state index contributed by atoms with van der Waals surface area (Å²) in [5.41, 5.74) is 6.37. The van der Waals surface area contributed by atoms with Crippen LogP contribution in [0.4, 0.5) is 11.5 Å². The van der Waals surface area contributed by atoms with E-state index in [1.54, 1.807) is 0 Å². The van der Waals surface area contributed by atoms with Gasteiger partial charge in [-0.1, -0.05) is 0 Å². The Balaban J connectivity index is 1.71. The molecular weight excluding hydrogens is 256 g/mol. The minimum Gasteiger partial charge on any atom is -0.476 e. The summed E-state index contributed by atoms with van der Waals surface area (Å²) in [6, 6.07) is 3.70. The first-order valence-electron chi connectivity index (χ1n) is 7.23. The van der Waals surface area contributed by atoms with Gasteiger partial charge in [0.1, 0.15) is 5.82 Å². The van der Waals surface area contributed by atoms with Gasteiger partial charge >= 0.3 is 0 Å². The maximum Gasteiger partial charge on any atom is 0.239 e. The van der Waals surface area contributed by atoms with Crippen LogP contribution in [0.3, 0.4) is 0 Å². The Labute approximate surface area is 120 Å². The number of morpholine rings is 1. The van der Waals surface area contributed by atoms with Gasteiger partial charge in [0, 0.05) is 19.6 Å². The van der Waals surface area contributed by atoms with Crippen molar-refractivity contribution < 1.29 is 9.47 Å². The highest BCUT2D eigenvalue weighted by Gasteiger charge is 2.09. The molecule has 1 aromatic heterocycles. The van der Waals surface area contributed by atoms with E-state index in [4.69, 9.17) is 15.2 Å². The molecule has 1 aliphatic heterocycles. The van der Waals surface area contributed by atoms with E-state index in [1.807, 2.05) is 19.1 Å². The number of pyridine rings is 1. The van der Waals surface area contributed by atoms with Gasteiger partial charge in [-0.25, -0.2) is 0 Å². The van der Waals surface area contributed by atoms with Gasteiger partial charge in [0.05, 0.1) is 25.5 Å². The second kappa shape index (κ2) is 7.91. The van der Waals surface area contributed by atoms with E-state index in [2.05, 4.69) is 15.2 Å². The second-order valence-electron chi connectivity index (χ2n) is 4.76. The van der Waals surface area contributed by atoms with Crippen LogP contribution < -0.4 is 15.8 Å². The van der Waals surface area contributed by atoms with Crippen LogP contribution in [0, 0.1) is 0 Å². The Kier molecular flexibility index (Phi) is 5.88. The predicted molar refractivity (Wildman–Crippen MR) is 80.2 cm³/mol. The van der Waals surface area contributed by atoms with E-state index < -0.39 is 0 Å². The molecule has 6 nitrogen and oxygen atoms in total. The summed E-state index contributed by atoms with van der Waals surface area (Å²) in [5.74, 6) is 1.32. The van der Waals surface area contributed by atoms with Crippen molar-refractivity contribution in [1.82, 2.24) is 9.88 Å². The molecule has 0 unspecified atom stereocenters. The standard InChI is InChI=1S/C14H24N4O2/c1-2-20-14-12(15)4-5-13(17-14)16-6-3-7-18-8-10-19-11-9-18/h4-5H,2-3,6-11,15H2,1H3,(H,16,17). The summed E-state index contributed by atoms with van der Waals surface area (Å²) < 4.78 is 10.7. The van der Waals surface area contributed by atoms with Crippen LogP contribution in [0.15, 0.2) is 12.1 Å². The lowest BCUT2D eigenvalue weighted by atomic mass is 10.3. The van der Waals surface area contributed by atoms with Crippen LogP contribution >= 0.6 is 0 Å². The summed E-state index contributed by atoms with van der Waals surface area (Å²) in [6.07, 6.45) is 1.08. The molecule has 112 valence electrons. The lowest BCUT2D eigenvalue weighted by Gasteiger charge is -2.26. The zero-order valence-electron chi connectivity index (χ0n) is 12.1. The summed E-state index contributed by atoms with van der Waals surface area (Å²) in [6.45, 7) is 8.24. The number of nitrogens with zero attached hydrogens (tertiary/aromatic N) is 2. The number of ether oxygens (including phenoxy) is 2. The highest BCUT2D eigenvalue weighted by Crippen LogP contribution is 2.20. The minimum absolute atomic E-state index is 0.505. The van der Waals surface area contributed by atoms with Gasteiger partial charge in [0.15, 0.2) is 0 Å². The van der Waals surface area contributed by atoms with E-state index in [0.717, 1.165) is 51.6 Å². The second-order valence-corrected chi connectivity index (χ2v) is 4.76. The molecule has 0 saturated carbocycles. The van der Waals surface area contributed by atoms with Crippen molar-refractivity contribution in [2.75, 3.05) is 57.1 Å². The van der Waals surface area contributed by atoms with E-state index in [1.165, 1.54) is 0 Å². The van der Waals surface area contributed by atoms with Crippen molar-refractivity contribution in [2.45, 2.75) is 13.3 Å². The maximum atomic E-state index is 5.79. The highest BCUT2D eigenvalue weighted by molar-refractivity contribution is 5.53. The largest absolute Gasteiger partial charge is 0.476 e. The molecule has 1 aliphatic rings. The third-order valence-electron chi connectivity index (χ3n) is 3.23. The van der Waals surface area contributed by atoms with Gasteiger partial charge in [-0.3, -0.25) is 4.90 Å². The normalized spacial score (nSPS) is 16.1. The molecule has 0 aromatic carbocycles. The summed E-state index contributed by atoms with van der Waals surface area (Å²) in [5, 5.41) is 3.31. The smallest absolute Gasteiger partial charge is 0.239 e. The van der Waals surface area contributed by atoms with Crippen molar-refractivity contribution in [3.05, 3.63) is 12.1 Å². The molecule has 0 aliphatic carbocycles. The monoisotopic (exact) mass is 280 g/mol. The summed E-state index contributed by atoms with van der Waals surface area (Å²) in [7, 11) is 0. The Hall–Kier alpha value is -1.53. The van der Waals surface area contributed by atoms with Crippen LogP contribution in [0.2, 0.25) is 0 Å². The zero-order chi connectivity index (χ0) is 14.2. The van der Waals surface area contributed by atoms with Crippen molar-refractivity contribution in [3.8, 4) is 5.88 Å². The van der Waals surface area contributed by atoms with Crippen LogP contribution in [-0.2, 0) is 4.74 Å². The average molecular weight is 280 g/mol. The Morgan fingerprint density at radius 2 is 2.20 bits per heavy atom. The third-order valence-corrected chi connectivity index (χ3v) is 3.23. The first kappa shape index (κ1) is 14.9. The Morgan fingerprint density at radius 3 is 2.95 bits per heavy atom. The van der Waals surface area contributed by atoms with Crippen LogP contribution in [0.1, 0.15) is 13.3 Å². The quantitative estimate of drug-likeness (QED) is 0.731. The first-order chi connectivity index (χ1) is 9.79. The van der Waals surface area contributed by atoms with Gasteiger partial charge < -0.3 is 20.5 Å². The molecule has 0 amide bonds. The van der Waals surface area contributed by atoms with Crippen molar-refractivity contribution in [3.63, 3.8) is 0 Å². The molecule has 3 N–H and O–H groups in total. The number of aromatic nitrogens is 1. The van der Waals surface area contributed by atoms with E-state index in [9.17, 15) is 0 Å². The number of hydrogen-bond acceptors (Lipinski definition) is 6. The first-order valence-corrected chi connectivity index (χ1v) is 7.23. The van der Waals surface area contributed by atoms with Gasteiger partial charge in [-0.2, -0.15) is 4.98 Å². The Bertz CT molecular complexity index is 408. The Morgan fingerprint density at radius 1 is 1.40 bits per heavy atom. The minimum atomic E-state index is 0.505. The van der Waals surface area contributed by atoms with E-state index in [0.29, 0.717) is 18.2 Å². The third kappa shape index (κ3) is 4.54. The molecule has 2 heterocycles. The van der Waals surface area contributed by atoms with E-state index >= 15 is 0 Å². The fraction of sp³-hybridized carbons (Fsp3) is 0.643. The van der Waals surface area contributed by atoms with Gasteiger partial charge in [-0.05, 0) is 32.0 Å². The van der Waals surface area contributed by atoms with E-state index in [-0.39, 0.29) is 0 Å². The molecule has 0 atom stereocenters. The van der Waals surface area contributed by atoms with Crippen LogP contribution in [0.5, 0.6) is 5.88 Å². The lowest BCUT2D eigenvalue weighted by Crippen LogP contribution is -2.37. The number of nitrogens with two attached hydrogens (primary N) is 1. The molecule has 20 heavy (non-hydrogen) atoms. The van der Waals surface area contributed by atoms with Crippen molar-refractivity contribution in [1.29, 1.82) is 0 Å². The molecule has 6 heteroatoms. The summed E-state index contributed by atoms with van der Waals surface area (Å²) >= 11 is 0. The molecule has 1 aromatic rings. The number of anilines is 2. The molecule has 1 fully saturated rings. The van der Waals surface area contributed by atoms with Gasteiger partial charge in [0.2, 0.25) is 5.88 Å².